The molecule has 1 aromatic carbocycles. The second kappa shape index (κ2) is 6.06. The van der Waals surface area contributed by atoms with Crippen LogP contribution >= 0.6 is 0 Å². The number of amides is 1. The number of nitrogens with two attached hydrogens (primary N) is 1. The largest absolute Gasteiger partial charge is 0.496 e. The molecule has 2 unspecified atom stereocenters. The Morgan fingerprint density at radius 2 is 2.21 bits per heavy atom. The molecule has 4 heteroatoms. The number of carbonyl (C=O) groups excluding carboxylic acids is 1. The Labute approximate surface area is 114 Å². The summed E-state index contributed by atoms with van der Waals surface area (Å²) in [5.41, 5.74) is 6.90. The summed E-state index contributed by atoms with van der Waals surface area (Å²) in [6, 6.07) is 8.26. The van der Waals surface area contributed by atoms with Gasteiger partial charge in [0, 0.05) is 25.4 Å². The van der Waals surface area contributed by atoms with Crippen molar-refractivity contribution in [3.8, 4) is 5.75 Å². The lowest BCUT2D eigenvalue weighted by atomic mass is 9.89. The van der Waals surface area contributed by atoms with E-state index in [-0.39, 0.29) is 11.9 Å². The first-order valence-corrected chi connectivity index (χ1v) is 6.79. The average Bonchev–Trinajstić information content (AvgIpc) is 2.83. The van der Waals surface area contributed by atoms with Gasteiger partial charge in [-0.1, -0.05) is 18.2 Å². The van der Waals surface area contributed by atoms with E-state index < -0.39 is 0 Å². The van der Waals surface area contributed by atoms with Crippen LogP contribution in [0, 0.1) is 0 Å². The third-order valence-electron chi connectivity index (χ3n) is 3.95. The number of hydrogen-bond donors (Lipinski definition) is 1. The number of nitrogens with zero attached hydrogens (tertiary/aromatic N) is 1. The molecule has 0 aromatic heterocycles. The van der Waals surface area contributed by atoms with E-state index in [0.29, 0.717) is 12.5 Å². The molecular weight excluding hydrogens is 240 g/mol. The quantitative estimate of drug-likeness (QED) is 0.899. The van der Waals surface area contributed by atoms with Crippen molar-refractivity contribution in [3.05, 3.63) is 29.8 Å². The minimum atomic E-state index is 0.135. The van der Waals surface area contributed by atoms with E-state index in [9.17, 15) is 4.79 Å². The third-order valence-corrected chi connectivity index (χ3v) is 3.95. The van der Waals surface area contributed by atoms with Gasteiger partial charge in [-0.05, 0) is 31.0 Å². The van der Waals surface area contributed by atoms with Crippen LogP contribution in [0.5, 0.6) is 5.75 Å². The van der Waals surface area contributed by atoms with E-state index >= 15 is 0 Å². The molecule has 1 heterocycles. The van der Waals surface area contributed by atoms with Crippen LogP contribution < -0.4 is 10.5 Å². The zero-order chi connectivity index (χ0) is 13.8. The van der Waals surface area contributed by atoms with Crippen LogP contribution in [0.1, 0.15) is 31.2 Å². The lowest BCUT2D eigenvalue weighted by Crippen LogP contribution is -2.37. The minimum absolute atomic E-state index is 0.135. The summed E-state index contributed by atoms with van der Waals surface area (Å²) in [6.45, 7) is 3.04. The van der Waals surface area contributed by atoms with E-state index in [1.54, 1.807) is 14.0 Å². The summed E-state index contributed by atoms with van der Waals surface area (Å²) in [5, 5.41) is 0. The molecule has 1 saturated heterocycles. The zero-order valence-electron chi connectivity index (χ0n) is 11.6. The van der Waals surface area contributed by atoms with Crippen LogP contribution in [0.4, 0.5) is 0 Å². The molecule has 0 radical (unpaired) electrons. The molecule has 1 aromatic rings. The highest BCUT2D eigenvalue weighted by molar-refractivity contribution is 5.74. The molecule has 2 rings (SSSR count). The first kappa shape index (κ1) is 13.9. The summed E-state index contributed by atoms with van der Waals surface area (Å²) in [6.07, 6.45) is 1.81. The molecular formula is C15H22N2O2. The standard InChI is InChI=1S/C15H22N2O2/c1-11(18)17-10-8-12(14(17)7-9-16)13-5-3-4-6-15(13)19-2/h3-6,12,14H,7-10,16H2,1-2H3. The summed E-state index contributed by atoms with van der Waals surface area (Å²) in [5.74, 6) is 1.36. The summed E-state index contributed by atoms with van der Waals surface area (Å²) < 4.78 is 5.45. The van der Waals surface area contributed by atoms with Crippen molar-refractivity contribution >= 4 is 5.91 Å². The summed E-state index contributed by atoms with van der Waals surface area (Å²) in [4.78, 5) is 13.7. The van der Waals surface area contributed by atoms with Crippen molar-refractivity contribution < 1.29 is 9.53 Å². The van der Waals surface area contributed by atoms with Crippen LogP contribution in [-0.4, -0.2) is 37.0 Å². The van der Waals surface area contributed by atoms with Crippen LogP contribution in [0.15, 0.2) is 24.3 Å². The topological polar surface area (TPSA) is 55.6 Å². The van der Waals surface area contributed by atoms with E-state index in [1.165, 1.54) is 5.56 Å². The number of hydrogen-bond acceptors (Lipinski definition) is 3. The van der Waals surface area contributed by atoms with Gasteiger partial charge in [0.2, 0.25) is 5.91 Å². The number of methoxy groups -OCH3 is 1. The van der Waals surface area contributed by atoms with Crippen molar-refractivity contribution in [2.45, 2.75) is 31.7 Å². The molecule has 19 heavy (non-hydrogen) atoms. The van der Waals surface area contributed by atoms with Crippen LogP contribution in [0.2, 0.25) is 0 Å². The molecule has 2 N–H and O–H groups in total. The maximum Gasteiger partial charge on any atom is 0.219 e. The van der Waals surface area contributed by atoms with Gasteiger partial charge in [-0.2, -0.15) is 0 Å². The molecule has 0 aliphatic carbocycles. The Morgan fingerprint density at radius 1 is 1.47 bits per heavy atom. The number of carbonyl (C=O) groups is 1. The van der Waals surface area contributed by atoms with Gasteiger partial charge in [0.05, 0.1) is 7.11 Å². The lowest BCUT2D eigenvalue weighted by Gasteiger charge is -2.28. The van der Waals surface area contributed by atoms with E-state index in [4.69, 9.17) is 10.5 Å². The minimum Gasteiger partial charge on any atom is -0.496 e. The molecule has 1 fully saturated rings. The third kappa shape index (κ3) is 2.73. The maximum atomic E-state index is 11.7. The fourth-order valence-corrected chi connectivity index (χ4v) is 3.11. The molecule has 1 aliphatic heterocycles. The van der Waals surface area contributed by atoms with Crippen molar-refractivity contribution in [1.29, 1.82) is 0 Å². The van der Waals surface area contributed by atoms with Gasteiger partial charge in [0.1, 0.15) is 5.75 Å². The smallest absolute Gasteiger partial charge is 0.219 e. The zero-order valence-corrected chi connectivity index (χ0v) is 11.6. The lowest BCUT2D eigenvalue weighted by molar-refractivity contribution is -0.129. The fraction of sp³-hybridized carbons (Fsp3) is 0.533. The Balaban J connectivity index is 2.30. The predicted octanol–water partition coefficient (Wildman–Crippen LogP) is 1.75. The SMILES string of the molecule is COc1ccccc1C1CCN(C(C)=O)C1CCN. The first-order chi connectivity index (χ1) is 9.19. The molecule has 0 saturated carbocycles. The van der Waals surface area contributed by atoms with Crippen molar-refractivity contribution in [2.24, 2.45) is 5.73 Å². The Bertz CT molecular complexity index is 448. The summed E-state index contributed by atoms with van der Waals surface area (Å²) in [7, 11) is 1.69. The normalized spacial score (nSPS) is 22.6. The molecule has 4 nitrogen and oxygen atoms in total. The highest BCUT2D eigenvalue weighted by Gasteiger charge is 2.36. The van der Waals surface area contributed by atoms with Gasteiger partial charge < -0.3 is 15.4 Å². The Morgan fingerprint density at radius 3 is 2.84 bits per heavy atom. The molecule has 0 spiro atoms. The number of para-hydroxylation sites is 1. The van der Waals surface area contributed by atoms with E-state index in [0.717, 1.165) is 25.1 Å². The van der Waals surface area contributed by atoms with Crippen molar-refractivity contribution in [3.63, 3.8) is 0 Å². The average molecular weight is 262 g/mol. The van der Waals surface area contributed by atoms with Gasteiger partial charge in [-0.25, -0.2) is 0 Å². The van der Waals surface area contributed by atoms with Gasteiger partial charge in [0.25, 0.3) is 0 Å². The highest BCUT2D eigenvalue weighted by Crippen LogP contribution is 2.39. The Kier molecular flexibility index (Phi) is 4.43. The second-order valence-corrected chi connectivity index (χ2v) is 4.99. The van der Waals surface area contributed by atoms with Gasteiger partial charge in [-0.15, -0.1) is 0 Å². The van der Waals surface area contributed by atoms with Crippen molar-refractivity contribution in [2.75, 3.05) is 20.2 Å². The number of rotatable bonds is 4. The van der Waals surface area contributed by atoms with Gasteiger partial charge in [-0.3, -0.25) is 4.79 Å². The van der Waals surface area contributed by atoms with Crippen LogP contribution in [-0.2, 0) is 4.79 Å². The van der Waals surface area contributed by atoms with Gasteiger partial charge >= 0.3 is 0 Å². The number of likely N-dealkylation sites (tertiary alicyclic amines) is 1. The van der Waals surface area contributed by atoms with Gasteiger partial charge in [0.15, 0.2) is 0 Å². The first-order valence-electron chi connectivity index (χ1n) is 6.79. The predicted molar refractivity (Wildman–Crippen MR) is 75.2 cm³/mol. The Hall–Kier alpha value is -1.55. The maximum absolute atomic E-state index is 11.7. The van der Waals surface area contributed by atoms with E-state index in [1.807, 2.05) is 23.1 Å². The van der Waals surface area contributed by atoms with E-state index in [2.05, 4.69) is 6.07 Å². The number of ether oxygens (including phenoxy) is 1. The molecule has 0 bridgehead atoms. The fourth-order valence-electron chi connectivity index (χ4n) is 3.11. The molecule has 1 amide bonds. The molecule has 1 aliphatic rings. The second-order valence-electron chi connectivity index (χ2n) is 4.99. The molecule has 104 valence electrons. The molecule has 2 atom stereocenters. The number of benzene rings is 1. The monoisotopic (exact) mass is 262 g/mol. The summed E-state index contributed by atoms with van der Waals surface area (Å²) >= 11 is 0. The van der Waals surface area contributed by atoms with Crippen LogP contribution in [0.3, 0.4) is 0 Å². The van der Waals surface area contributed by atoms with Crippen LogP contribution in [0.25, 0.3) is 0 Å². The highest BCUT2D eigenvalue weighted by atomic mass is 16.5. The van der Waals surface area contributed by atoms with Crippen molar-refractivity contribution in [1.82, 2.24) is 4.90 Å².